The molecule has 1 aromatic carbocycles. The molecule has 0 bridgehead atoms. The van der Waals surface area contributed by atoms with Crippen LogP contribution in [0.3, 0.4) is 0 Å². The summed E-state index contributed by atoms with van der Waals surface area (Å²) in [5, 5.41) is 3.17. The third-order valence-electron chi connectivity index (χ3n) is 4.88. The highest BCUT2D eigenvalue weighted by atomic mass is 16.2. The lowest BCUT2D eigenvalue weighted by atomic mass is 9.96. The molecule has 1 unspecified atom stereocenters. The maximum atomic E-state index is 12.3. The summed E-state index contributed by atoms with van der Waals surface area (Å²) in [6.45, 7) is 3.84. The molecular formula is C17H24N2O. The number of carbonyl (C=O) groups is 1. The second kappa shape index (κ2) is 5.47. The van der Waals surface area contributed by atoms with Gasteiger partial charge >= 0.3 is 6.03 Å². The summed E-state index contributed by atoms with van der Waals surface area (Å²) >= 11 is 0. The first-order valence-corrected chi connectivity index (χ1v) is 7.81. The number of urea groups is 1. The Morgan fingerprint density at radius 1 is 1.30 bits per heavy atom. The summed E-state index contributed by atoms with van der Waals surface area (Å²) in [7, 11) is 0. The van der Waals surface area contributed by atoms with Gasteiger partial charge in [0.25, 0.3) is 0 Å². The number of hydrogen-bond donors (Lipinski definition) is 1. The Balaban J connectivity index is 1.58. The molecule has 1 N–H and O–H groups in total. The van der Waals surface area contributed by atoms with E-state index < -0.39 is 0 Å². The van der Waals surface area contributed by atoms with E-state index in [1.807, 2.05) is 11.0 Å². The van der Waals surface area contributed by atoms with Crippen molar-refractivity contribution >= 4 is 6.03 Å². The van der Waals surface area contributed by atoms with Gasteiger partial charge in [-0.1, -0.05) is 30.3 Å². The van der Waals surface area contributed by atoms with Gasteiger partial charge in [0.15, 0.2) is 0 Å². The molecule has 2 amide bonds. The summed E-state index contributed by atoms with van der Waals surface area (Å²) in [5.41, 5.74) is 1.57. The van der Waals surface area contributed by atoms with Crippen LogP contribution in [0.1, 0.15) is 44.6 Å². The van der Waals surface area contributed by atoms with Crippen LogP contribution in [-0.2, 0) is 5.41 Å². The summed E-state index contributed by atoms with van der Waals surface area (Å²) in [6, 6.07) is 11.1. The molecule has 1 saturated carbocycles. The Labute approximate surface area is 121 Å². The average molecular weight is 272 g/mol. The molecule has 0 aromatic heterocycles. The summed E-state index contributed by atoms with van der Waals surface area (Å²) in [5.74, 6) is 0. The van der Waals surface area contributed by atoms with Crippen LogP contribution in [0.5, 0.6) is 0 Å². The molecule has 1 heterocycles. The average Bonchev–Trinajstić information content (AvgIpc) is 3.27. The van der Waals surface area contributed by atoms with Crippen molar-refractivity contribution in [1.29, 1.82) is 0 Å². The van der Waals surface area contributed by atoms with Crippen molar-refractivity contribution in [3.63, 3.8) is 0 Å². The predicted octanol–water partition coefficient (Wildman–Crippen LogP) is 3.30. The maximum Gasteiger partial charge on any atom is 0.317 e. The molecule has 1 aromatic rings. The molecule has 2 aliphatic rings. The Morgan fingerprint density at radius 3 is 2.70 bits per heavy atom. The van der Waals surface area contributed by atoms with Gasteiger partial charge in [0.05, 0.1) is 0 Å². The van der Waals surface area contributed by atoms with Crippen LogP contribution in [0, 0.1) is 0 Å². The number of rotatable bonds is 3. The van der Waals surface area contributed by atoms with Gasteiger partial charge in [0, 0.05) is 24.5 Å². The molecule has 0 radical (unpaired) electrons. The normalized spacial score (nSPS) is 24.2. The number of carbonyl (C=O) groups excluding carboxylic acids is 1. The number of hydrogen-bond acceptors (Lipinski definition) is 1. The molecule has 3 heteroatoms. The minimum absolute atomic E-state index is 0.124. The maximum absolute atomic E-state index is 12.3. The highest BCUT2D eigenvalue weighted by Gasteiger charge is 2.44. The van der Waals surface area contributed by atoms with Crippen molar-refractivity contribution in [2.75, 3.05) is 13.1 Å². The quantitative estimate of drug-likeness (QED) is 0.899. The van der Waals surface area contributed by atoms with E-state index in [4.69, 9.17) is 0 Å². The van der Waals surface area contributed by atoms with Crippen LogP contribution in [0.2, 0.25) is 0 Å². The van der Waals surface area contributed by atoms with Gasteiger partial charge in [0.2, 0.25) is 0 Å². The van der Waals surface area contributed by atoms with Gasteiger partial charge in [-0.15, -0.1) is 0 Å². The largest absolute Gasteiger partial charge is 0.337 e. The van der Waals surface area contributed by atoms with Crippen LogP contribution in [-0.4, -0.2) is 30.1 Å². The first kappa shape index (κ1) is 13.5. The summed E-state index contributed by atoms with van der Waals surface area (Å²) in [6.07, 6.45) is 5.90. The second-order valence-corrected chi connectivity index (χ2v) is 6.34. The zero-order valence-corrected chi connectivity index (χ0v) is 12.3. The number of likely N-dealkylation sites (tertiary alicyclic amines) is 1. The SMILES string of the molecule is CC1CCCCN1C(=O)NCC1(c2ccccc2)CC1. The van der Waals surface area contributed by atoms with Crippen molar-refractivity contribution in [1.82, 2.24) is 10.2 Å². The van der Waals surface area contributed by atoms with E-state index >= 15 is 0 Å². The van der Waals surface area contributed by atoms with Crippen LogP contribution < -0.4 is 5.32 Å². The molecule has 0 spiro atoms. The molecule has 3 nitrogen and oxygen atoms in total. The van der Waals surface area contributed by atoms with E-state index in [-0.39, 0.29) is 11.4 Å². The Morgan fingerprint density at radius 2 is 2.05 bits per heavy atom. The van der Waals surface area contributed by atoms with Crippen LogP contribution in [0.4, 0.5) is 4.79 Å². The smallest absolute Gasteiger partial charge is 0.317 e. The van der Waals surface area contributed by atoms with Crippen molar-refractivity contribution in [3.05, 3.63) is 35.9 Å². The first-order chi connectivity index (χ1) is 9.71. The van der Waals surface area contributed by atoms with Crippen LogP contribution >= 0.6 is 0 Å². The number of piperidine rings is 1. The molecular weight excluding hydrogens is 248 g/mol. The van der Waals surface area contributed by atoms with E-state index in [0.717, 1.165) is 25.9 Å². The number of nitrogens with zero attached hydrogens (tertiary/aromatic N) is 1. The van der Waals surface area contributed by atoms with E-state index in [1.54, 1.807) is 0 Å². The Kier molecular flexibility index (Phi) is 3.68. The van der Waals surface area contributed by atoms with Gasteiger partial charge in [0.1, 0.15) is 0 Å². The van der Waals surface area contributed by atoms with Crippen molar-refractivity contribution < 1.29 is 4.79 Å². The zero-order chi connectivity index (χ0) is 14.0. The van der Waals surface area contributed by atoms with E-state index in [1.165, 1.54) is 24.8 Å². The lowest BCUT2D eigenvalue weighted by molar-refractivity contribution is 0.157. The molecule has 108 valence electrons. The summed E-state index contributed by atoms with van der Waals surface area (Å²) < 4.78 is 0. The van der Waals surface area contributed by atoms with E-state index in [9.17, 15) is 4.79 Å². The van der Waals surface area contributed by atoms with Gasteiger partial charge in [-0.05, 0) is 44.6 Å². The monoisotopic (exact) mass is 272 g/mol. The molecule has 1 saturated heterocycles. The topological polar surface area (TPSA) is 32.3 Å². The van der Waals surface area contributed by atoms with Crippen molar-refractivity contribution in [3.8, 4) is 0 Å². The minimum atomic E-state index is 0.124. The molecule has 1 aliphatic carbocycles. The van der Waals surface area contributed by atoms with E-state index in [0.29, 0.717) is 6.04 Å². The number of benzene rings is 1. The van der Waals surface area contributed by atoms with Gasteiger partial charge in [-0.2, -0.15) is 0 Å². The zero-order valence-electron chi connectivity index (χ0n) is 12.3. The first-order valence-electron chi connectivity index (χ1n) is 7.81. The van der Waals surface area contributed by atoms with Crippen molar-refractivity contribution in [2.45, 2.75) is 50.5 Å². The number of amides is 2. The Bertz CT molecular complexity index is 467. The summed E-state index contributed by atoms with van der Waals surface area (Å²) in [4.78, 5) is 14.3. The molecule has 3 rings (SSSR count). The van der Waals surface area contributed by atoms with E-state index in [2.05, 4.69) is 36.5 Å². The highest BCUT2D eigenvalue weighted by Crippen LogP contribution is 2.47. The third kappa shape index (κ3) is 2.67. The lowest BCUT2D eigenvalue weighted by Gasteiger charge is -2.34. The molecule has 1 aliphatic heterocycles. The predicted molar refractivity (Wildman–Crippen MR) is 80.8 cm³/mol. The van der Waals surface area contributed by atoms with Gasteiger partial charge in [-0.3, -0.25) is 0 Å². The fraction of sp³-hybridized carbons (Fsp3) is 0.588. The van der Waals surface area contributed by atoms with Crippen molar-refractivity contribution in [2.24, 2.45) is 0 Å². The number of nitrogens with one attached hydrogen (secondary N) is 1. The fourth-order valence-corrected chi connectivity index (χ4v) is 3.26. The lowest BCUT2D eigenvalue weighted by Crippen LogP contribution is -2.49. The molecule has 20 heavy (non-hydrogen) atoms. The molecule has 1 atom stereocenters. The standard InChI is InChI=1S/C17H24N2O/c1-14-7-5-6-12-19(14)16(20)18-13-17(10-11-17)15-8-3-2-4-9-15/h2-4,8-9,14H,5-7,10-13H2,1H3,(H,18,20). The Hall–Kier alpha value is -1.51. The third-order valence-corrected chi connectivity index (χ3v) is 4.88. The molecule has 2 fully saturated rings. The minimum Gasteiger partial charge on any atom is -0.337 e. The second-order valence-electron chi connectivity index (χ2n) is 6.34. The fourth-order valence-electron chi connectivity index (χ4n) is 3.26. The van der Waals surface area contributed by atoms with Gasteiger partial charge in [-0.25, -0.2) is 4.79 Å². The van der Waals surface area contributed by atoms with Crippen LogP contribution in [0.25, 0.3) is 0 Å². The highest BCUT2D eigenvalue weighted by molar-refractivity contribution is 5.74. The van der Waals surface area contributed by atoms with Gasteiger partial charge < -0.3 is 10.2 Å². The van der Waals surface area contributed by atoms with Crippen LogP contribution in [0.15, 0.2) is 30.3 Å².